The van der Waals surface area contributed by atoms with Gasteiger partial charge in [-0.2, -0.15) is 0 Å². The molecule has 1 heteroatoms. The van der Waals surface area contributed by atoms with E-state index in [2.05, 4.69) is 33.3 Å². The second-order valence-corrected chi connectivity index (χ2v) is 13.4. The van der Waals surface area contributed by atoms with Gasteiger partial charge in [-0.1, -0.05) is 0 Å². The van der Waals surface area contributed by atoms with Crippen molar-refractivity contribution in [2.24, 2.45) is 0 Å². The summed E-state index contributed by atoms with van der Waals surface area (Å²) in [6.07, 6.45) is 0. The van der Waals surface area contributed by atoms with E-state index < -0.39 is 6.60 Å². The molecule has 0 unspecified atom stereocenters. The first-order valence-electron chi connectivity index (χ1n) is 2.24. The van der Waals surface area contributed by atoms with Gasteiger partial charge in [0.2, 0.25) is 0 Å². The molecule has 0 aliphatic carbocycles. The fourth-order valence-electron chi connectivity index (χ4n) is 0. The van der Waals surface area contributed by atoms with Gasteiger partial charge < -0.3 is 0 Å². The molecule has 0 saturated heterocycles. The fraction of sp³-hybridized carbons (Fsp3) is 1.00. The van der Waals surface area contributed by atoms with E-state index in [0.717, 1.165) is 0 Å². The molecule has 0 rings (SSSR count). The molecule has 0 amide bonds. The summed E-state index contributed by atoms with van der Waals surface area (Å²) in [6, 6.07) is 0. The van der Waals surface area contributed by atoms with Crippen LogP contribution in [0.5, 0.6) is 0 Å². The van der Waals surface area contributed by atoms with Crippen LogP contribution in [0.4, 0.5) is 0 Å². The topological polar surface area (TPSA) is 0 Å². The van der Waals surface area contributed by atoms with Crippen LogP contribution < -0.4 is 0 Å². The van der Waals surface area contributed by atoms with Crippen LogP contribution in [0.15, 0.2) is 0 Å². The van der Waals surface area contributed by atoms with Gasteiger partial charge in [-0.05, 0) is 0 Å². The van der Waals surface area contributed by atoms with E-state index in [4.69, 9.17) is 0 Å². The Kier molecular flexibility index (Phi) is 1.05. The molecular formula is C5H15P. The molecule has 0 heterocycles. The van der Waals surface area contributed by atoms with Crippen molar-refractivity contribution in [2.75, 3.05) is 33.3 Å². The van der Waals surface area contributed by atoms with Gasteiger partial charge in [0.15, 0.2) is 0 Å². The predicted octanol–water partition coefficient (Wildman–Crippen LogP) is 1.69. The maximum absolute atomic E-state index is 2.34. The Balaban J connectivity index is 3.73. The van der Waals surface area contributed by atoms with Gasteiger partial charge in [0.05, 0.1) is 0 Å². The third-order valence-corrected chi connectivity index (χ3v) is 0. The second-order valence-electron chi connectivity index (χ2n) is 4.47. The Morgan fingerprint density at radius 1 is 0.667 bits per heavy atom. The van der Waals surface area contributed by atoms with E-state index in [1.165, 1.54) is 0 Å². The quantitative estimate of drug-likeness (QED) is 0.412. The Bertz CT molecular complexity index is 37.1. The van der Waals surface area contributed by atoms with Gasteiger partial charge in [-0.3, -0.25) is 0 Å². The zero-order chi connectivity index (χ0) is 5.45. The average Bonchev–Trinajstić information content (AvgIpc) is 0.650. The molecule has 0 fully saturated rings. The van der Waals surface area contributed by atoms with Gasteiger partial charge >= 0.3 is 39.9 Å². The number of rotatable bonds is 0. The molecule has 0 aliphatic heterocycles. The molecule has 0 spiro atoms. The van der Waals surface area contributed by atoms with Crippen LogP contribution >= 0.6 is 6.60 Å². The second kappa shape index (κ2) is 0.980. The molecule has 40 valence electrons. The molecule has 0 bridgehead atoms. The summed E-state index contributed by atoms with van der Waals surface area (Å²) < 4.78 is 0. The average molecular weight is 106 g/mol. The molecule has 0 aliphatic rings. The van der Waals surface area contributed by atoms with Crippen molar-refractivity contribution in [2.45, 2.75) is 0 Å². The summed E-state index contributed by atoms with van der Waals surface area (Å²) in [5.41, 5.74) is 0. The fourth-order valence-corrected chi connectivity index (χ4v) is 0. The van der Waals surface area contributed by atoms with Crippen molar-refractivity contribution >= 4 is 6.60 Å². The van der Waals surface area contributed by atoms with Crippen molar-refractivity contribution < 1.29 is 0 Å². The van der Waals surface area contributed by atoms with Crippen molar-refractivity contribution in [3.05, 3.63) is 0 Å². The van der Waals surface area contributed by atoms with Crippen LogP contribution in [0.2, 0.25) is 0 Å². The van der Waals surface area contributed by atoms with Crippen LogP contribution in [0.25, 0.3) is 0 Å². The standard InChI is InChI=1S/C5H15P/c1-6(2,3,4)5/h1-5H3. The SMILES string of the molecule is CP(C)(C)(C)C. The minimum atomic E-state index is -1.05. The van der Waals surface area contributed by atoms with Gasteiger partial charge in [0.25, 0.3) is 0 Å². The van der Waals surface area contributed by atoms with Crippen molar-refractivity contribution in [1.29, 1.82) is 0 Å². The molecule has 0 aromatic heterocycles. The summed E-state index contributed by atoms with van der Waals surface area (Å²) in [7, 11) is 0. The molecule has 0 N–H and O–H groups in total. The van der Waals surface area contributed by atoms with E-state index in [-0.39, 0.29) is 0 Å². The zero-order valence-corrected chi connectivity index (χ0v) is 6.34. The van der Waals surface area contributed by atoms with Crippen LogP contribution in [-0.4, -0.2) is 33.3 Å². The van der Waals surface area contributed by atoms with E-state index in [1.54, 1.807) is 0 Å². The molecule has 6 heavy (non-hydrogen) atoms. The Morgan fingerprint density at radius 2 is 0.667 bits per heavy atom. The Morgan fingerprint density at radius 3 is 0.667 bits per heavy atom. The zero-order valence-electron chi connectivity index (χ0n) is 5.45. The van der Waals surface area contributed by atoms with Gasteiger partial charge in [0.1, 0.15) is 0 Å². The minimum absolute atomic E-state index is 1.05. The van der Waals surface area contributed by atoms with Crippen LogP contribution in [0.1, 0.15) is 0 Å². The summed E-state index contributed by atoms with van der Waals surface area (Å²) in [5.74, 6) is 0. The molecule has 0 saturated carbocycles. The first kappa shape index (κ1) is 6.43. The normalized spacial score (nSPS) is 19.2. The van der Waals surface area contributed by atoms with Crippen LogP contribution in [0, 0.1) is 0 Å². The van der Waals surface area contributed by atoms with Crippen LogP contribution in [0.3, 0.4) is 0 Å². The van der Waals surface area contributed by atoms with Crippen LogP contribution in [-0.2, 0) is 0 Å². The third kappa shape index (κ3) is 282. The molecule has 0 radical (unpaired) electrons. The number of hydrogen-bond acceptors (Lipinski definition) is 0. The van der Waals surface area contributed by atoms with E-state index in [0.29, 0.717) is 0 Å². The monoisotopic (exact) mass is 106 g/mol. The summed E-state index contributed by atoms with van der Waals surface area (Å²) in [4.78, 5) is 0. The molecule has 0 nitrogen and oxygen atoms in total. The molecule has 0 atom stereocenters. The van der Waals surface area contributed by atoms with Gasteiger partial charge in [-0.25, -0.2) is 0 Å². The van der Waals surface area contributed by atoms with Crippen molar-refractivity contribution in [1.82, 2.24) is 0 Å². The van der Waals surface area contributed by atoms with Crippen molar-refractivity contribution in [3.63, 3.8) is 0 Å². The van der Waals surface area contributed by atoms with E-state index in [1.807, 2.05) is 0 Å². The Hall–Kier alpha value is 0.430. The summed E-state index contributed by atoms with van der Waals surface area (Å²) >= 11 is 0. The van der Waals surface area contributed by atoms with Gasteiger partial charge in [-0.15, -0.1) is 0 Å². The van der Waals surface area contributed by atoms with Crippen molar-refractivity contribution in [3.8, 4) is 0 Å². The van der Waals surface area contributed by atoms with Gasteiger partial charge in [0, 0.05) is 0 Å². The summed E-state index contributed by atoms with van der Waals surface area (Å²) in [5, 5.41) is 0. The first-order chi connectivity index (χ1) is 2.24. The Labute approximate surface area is 40.9 Å². The molecule has 0 aromatic carbocycles. The predicted molar refractivity (Wildman–Crippen MR) is 36.5 cm³/mol. The van der Waals surface area contributed by atoms with E-state index >= 15 is 0 Å². The molecule has 0 aromatic rings. The molecular weight excluding hydrogens is 91.0 g/mol. The van der Waals surface area contributed by atoms with E-state index in [9.17, 15) is 0 Å². The maximum atomic E-state index is 2.34. The summed E-state index contributed by atoms with van der Waals surface area (Å²) in [6.45, 7) is 10.6. The third-order valence-electron chi connectivity index (χ3n) is 0. The number of hydrogen-bond donors (Lipinski definition) is 0. The first-order valence-corrected chi connectivity index (χ1v) is 6.71.